The molecule has 25 heavy (non-hydrogen) atoms. The first-order chi connectivity index (χ1) is 11.6. The van der Waals surface area contributed by atoms with Crippen LogP contribution in [0.15, 0.2) is 30.3 Å². The molecule has 1 aliphatic heterocycles. The van der Waals surface area contributed by atoms with E-state index in [1.807, 2.05) is 49.1 Å². The molecule has 140 valence electrons. The molecule has 0 amide bonds. The highest BCUT2D eigenvalue weighted by Crippen LogP contribution is 2.42. The molecule has 1 heterocycles. The maximum absolute atomic E-state index is 12.9. The highest BCUT2D eigenvalue weighted by atomic mass is 16.6. The van der Waals surface area contributed by atoms with Crippen LogP contribution in [0.1, 0.15) is 40.2 Å². The molecule has 2 rings (SSSR count). The second-order valence-electron chi connectivity index (χ2n) is 8.25. The third-order valence-corrected chi connectivity index (χ3v) is 4.85. The van der Waals surface area contributed by atoms with Gasteiger partial charge in [0.15, 0.2) is 5.54 Å². The lowest BCUT2D eigenvalue weighted by atomic mass is 9.83. The van der Waals surface area contributed by atoms with Crippen LogP contribution in [0.25, 0.3) is 0 Å². The fourth-order valence-corrected chi connectivity index (χ4v) is 3.59. The smallest absolute Gasteiger partial charge is 0.331 e. The maximum Gasteiger partial charge on any atom is 0.331 e. The number of carbonyl (C=O) groups is 1. The second kappa shape index (κ2) is 7.44. The van der Waals surface area contributed by atoms with Crippen LogP contribution in [0.4, 0.5) is 0 Å². The van der Waals surface area contributed by atoms with Crippen LogP contribution < -0.4 is 0 Å². The van der Waals surface area contributed by atoms with Gasteiger partial charge in [0, 0.05) is 12.0 Å². The van der Waals surface area contributed by atoms with Crippen LogP contribution in [0, 0.1) is 11.3 Å². The number of aliphatic hydroxyl groups is 1. The Kier molecular flexibility index (Phi) is 5.92. The van der Waals surface area contributed by atoms with Crippen molar-refractivity contribution in [1.82, 2.24) is 4.90 Å². The van der Waals surface area contributed by atoms with Crippen LogP contribution in [-0.4, -0.2) is 47.6 Å². The number of nitrogens with zero attached hydrogens (tertiary/aromatic N) is 1. The Balaban J connectivity index is 2.53. The highest BCUT2D eigenvalue weighted by Gasteiger charge is 2.60. The summed E-state index contributed by atoms with van der Waals surface area (Å²) in [6, 6.07) is 9.93. The molecule has 0 spiro atoms. The van der Waals surface area contributed by atoms with Gasteiger partial charge in [0.2, 0.25) is 0 Å². The van der Waals surface area contributed by atoms with Gasteiger partial charge >= 0.3 is 5.97 Å². The van der Waals surface area contributed by atoms with Gasteiger partial charge in [-0.2, -0.15) is 0 Å². The first kappa shape index (κ1) is 19.9. The molecule has 1 aliphatic rings. The molecule has 1 aromatic carbocycles. The number of rotatable bonds is 5. The van der Waals surface area contributed by atoms with Crippen LogP contribution >= 0.6 is 0 Å². The molecule has 1 saturated heterocycles. The van der Waals surface area contributed by atoms with Gasteiger partial charge in [-0.3, -0.25) is 4.90 Å². The Labute approximate surface area is 150 Å². The van der Waals surface area contributed by atoms with E-state index in [0.717, 1.165) is 5.56 Å². The standard InChI is InChI=1S/C20H31NO4/c1-14(2)16(22)20(18(23)24-6)13-25-17(19(3,4)5)21(20)12-15-10-8-7-9-11-15/h7-11,14,16-17,22H,12-13H2,1-6H3/t16-,17+,20+/m0/s1. The van der Waals surface area contributed by atoms with Crippen LogP contribution in [-0.2, 0) is 20.8 Å². The Bertz CT molecular complexity index is 581. The summed E-state index contributed by atoms with van der Waals surface area (Å²) < 4.78 is 11.2. The summed E-state index contributed by atoms with van der Waals surface area (Å²) >= 11 is 0. The van der Waals surface area contributed by atoms with Crippen molar-refractivity contribution in [3.05, 3.63) is 35.9 Å². The predicted octanol–water partition coefficient (Wildman–Crippen LogP) is 2.82. The van der Waals surface area contributed by atoms with E-state index in [-0.39, 0.29) is 24.2 Å². The molecule has 1 aromatic rings. The molecule has 3 atom stereocenters. The van der Waals surface area contributed by atoms with Crippen molar-refractivity contribution in [2.24, 2.45) is 11.3 Å². The molecule has 0 unspecified atom stereocenters. The normalized spacial score (nSPS) is 26.0. The molecular formula is C20H31NO4. The van der Waals surface area contributed by atoms with Crippen molar-refractivity contribution in [2.45, 2.75) is 59.0 Å². The summed E-state index contributed by atoms with van der Waals surface area (Å²) in [6.45, 7) is 10.6. The van der Waals surface area contributed by atoms with Crippen molar-refractivity contribution < 1.29 is 19.4 Å². The first-order valence-corrected chi connectivity index (χ1v) is 8.83. The van der Waals surface area contributed by atoms with Crippen molar-refractivity contribution in [3.8, 4) is 0 Å². The lowest BCUT2D eigenvalue weighted by molar-refractivity contribution is -0.167. The average Bonchev–Trinajstić information content (AvgIpc) is 2.94. The van der Waals surface area contributed by atoms with Crippen molar-refractivity contribution >= 4 is 5.97 Å². The maximum atomic E-state index is 12.9. The van der Waals surface area contributed by atoms with Crippen LogP contribution in [0.3, 0.4) is 0 Å². The first-order valence-electron chi connectivity index (χ1n) is 8.83. The lowest BCUT2D eigenvalue weighted by Crippen LogP contribution is -2.64. The molecule has 5 heteroatoms. The topological polar surface area (TPSA) is 59.0 Å². The zero-order valence-corrected chi connectivity index (χ0v) is 16.2. The quantitative estimate of drug-likeness (QED) is 0.829. The third-order valence-electron chi connectivity index (χ3n) is 4.85. The summed E-state index contributed by atoms with van der Waals surface area (Å²) in [5.74, 6) is -0.559. The Morgan fingerprint density at radius 1 is 1.36 bits per heavy atom. The van der Waals surface area contributed by atoms with E-state index < -0.39 is 17.6 Å². The zero-order valence-electron chi connectivity index (χ0n) is 16.2. The fourth-order valence-electron chi connectivity index (χ4n) is 3.59. The molecule has 0 aromatic heterocycles. The molecule has 1 N–H and O–H groups in total. The van der Waals surface area contributed by atoms with Gasteiger partial charge < -0.3 is 14.6 Å². The monoisotopic (exact) mass is 349 g/mol. The fraction of sp³-hybridized carbons (Fsp3) is 0.650. The third kappa shape index (κ3) is 3.73. The van der Waals surface area contributed by atoms with Gasteiger partial charge in [0.05, 0.1) is 19.8 Å². The van der Waals surface area contributed by atoms with Crippen LogP contribution in [0.5, 0.6) is 0 Å². The minimum Gasteiger partial charge on any atom is -0.467 e. The molecule has 0 radical (unpaired) electrons. The summed E-state index contributed by atoms with van der Waals surface area (Å²) in [5.41, 5.74) is -0.371. The molecule has 1 fully saturated rings. The van der Waals surface area contributed by atoms with Gasteiger partial charge in [-0.1, -0.05) is 65.0 Å². The Hall–Kier alpha value is -1.43. The molecule has 0 saturated carbocycles. The van der Waals surface area contributed by atoms with Crippen molar-refractivity contribution in [3.63, 3.8) is 0 Å². The summed E-state index contributed by atoms with van der Waals surface area (Å²) in [5, 5.41) is 11.0. The molecule has 0 aliphatic carbocycles. The number of esters is 1. The van der Waals surface area contributed by atoms with E-state index in [1.165, 1.54) is 7.11 Å². The van der Waals surface area contributed by atoms with Gasteiger partial charge in [0.25, 0.3) is 0 Å². The highest BCUT2D eigenvalue weighted by molar-refractivity contribution is 5.82. The Morgan fingerprint density at radius 2 is 1.96 bits per heavy atom. The average molecular weight is 349 g/mol. The summed E-state index contributed by atoms with van der Waals surface area (Å²) in [7, 11) is 1.36. The minimum absolute atomic E-state index is 0.111. The van der Waals surface area contributed by atoms with Crippen molar-refractivity contribution in [2.75, 3.05) is 13.7 Å². The predicted molar refractivity (Wildman–Crippen MR) is 96.8 cm³/mol. The number of aliphatic hydroxyl groups excluding tert-OH is 1. The number of hydrogen-bond donors (Lipinski definition) is 1. The van der Waals surface area contributed by atoms with E-state index in [2.05, 4.69) is 20.8 Å². The lowest BCUT2D eigenvalue weighted by Gasteiger charge is -2.43. The molecule has 5 nitrogen and oxygen atoms in total. The van der Waals surface area contributed by atoms with E-state index >= 15 is 0 Å². The minimum atomic E-state index is -1.21. The number of benzene rings is 1. The van der Waals surface area contributed by atoms with Gasteiger partial charge in [-0.15, -0.1) is 0 Å². The summed E-state index contributed by atoms with van der Waals surface area (Å²) in [6.07, 6.45) is -1.20. The van der Waals surface area contributed by atoms with E-state index in [4.69, 9.17) is 9.47 Å². The van der Waals surface area contributed by atoms with E-state index in [0.29, 0.717) is 6.54 Å². The number of carbonyl (C=O) groups excluding carboxylic acids is 1. The SMILES string of the molecule is COC(=O)[C@]1([C@@H](O)C(C)C)CO[C@H](C(C)(C)C)N1Cc1ccccc1. The van der Waals surface area contributed by atoms with E-state index in [1.54, 1.807) is 0 Å². The zero-order chi connectivity index (χ0) is 18.8. The van der Waals surface area contributed by atoms with Gasteiger partial charge in [-0.05, 0) is 11.5 Å². The van der Waals surface area contributed by atoms with Gasteiger partial charge in [-0.25, -0.2) is 4.79 Å². The van der Waals surface area contributed by atoms with Crippen molar-refractivity contribution in [1.29, 1.82) is 0 Å². The largest absolute Gasteiger partial charge is 0.467 e. The number of methoxy groups -OCH3 is 1. The number of hydrogen-bond acceptors (Lipinski definition) is 5. The number of ether oxygens (including phenoxy) is 2. The molecular weight excluding hydrogens is 318 g/mol. The van der Waals surface area contributed by atoms with Crippen LogP contribution in [0.2, 0.25) is 0 Å². The second-order valence-corrected chi connectivity index (χ2v) is 8.25. The molecule has 0 bridgehead atoms. The summed E-state index contributed by atoms with van der Waals surface area (Å²) in [4.78, 5) is 14.8. The Morgan fingerprint density at radius 3 is 2.44 bits per heavy atom. The van der Waals surface area contributed by atoms with Gasteiger partial charge in [0.1, 0.15) is 6.23 Å². The van der Waals surface area contributed by atoms with E-state index in [9.17, 15) is 9.90 Å².